The minimum Gasteiger partial charge on any atom is -0.336 e. The Kier molecular flexibility index (Phi) is 6.92. The fraction of sp³-hybridized carbons (Fsp3) is 0.192. The first-order valence-corrected chi connectivity index (χ1v) is 11.1. The van der Waals surface area contributed by atoms with E-state index in [0.717, 1.165) is 17.5 Å². The number of hydrogen-bond donors (Lipinski definition) is 1. The predicted molar refractivity (Wildman–Crippen MR) is 130 cm³/mol. The molecule has 1 saturated heterocycles. The molecule has 162 valence electrons. The van der Waals surface area contributed by atoms with Crippen LogP contribution in [0.1, 0.15) is 17.5 Å². The molecule has 3 aromatic carbocycles. The number of nitrogens with one attached hydrogen (secondary N) is 1. The summed E-state index contributed by atoms with van der Waals surface area (Å²) in [6.07, 6.45) is 0.790. The van der Waals surface area contributed by atoms with E-state index in [-0.39, 0.29) is 18.2 Å². The number of para-hydroxylation sites is 1. The summed E-state index contributed by atoms with van der Waals surface area (Å²) in [6, 6.07) is 28.5. The van der Waals surface area contributed by atoms with Crippen molar-refractivity contribution in [3.63, 3.8) is 0 Å². The van der Waals surface area contributed by atoms with Crippen LogP contribution in [-0.4, -0.2) is 39.3 Å². The van der Waals surface area contributed by atoms with Crippen molar-refractivity contribution in [1.82, 2.24) is 9.80 Å². The number of thiocarbonyl (C=S) groups is 1. The quantitative estimate of drug-likeness (QED) is 0.529. The lowest BCUT2D eigenvalue weighted by atomic mass is 10.1. The molecule has 1 unspecified atom stereocenters. The number of rotatable bonds is 8. The van der Waals surface area contributed by atoms with Gasteiger partial charge in [0, 0.05) is 12.2 Å². The monoisotopic (exact) mass is 443 g/mol. The zero-order valence-electron chi connectivity index (χ0n) is 17.7. The normalized spacial score (nSPS) is 15.8. The number of benzene rings is 3. The Labute approximate surface area is 193 Å². The molecule has 1 heterocycles. The second kappa shape index (κ2) is 10.2. The van der Waals surface area contributed by atoms with E-state index in [2.05, 4.69) is 17.4 Å². The van der Waals surface area contributed by atoms with Gasteiger partial charge in [0.1, 0.15) is 6.04 Å². The van der Waals surface area contributed by atoms with Crippen molar-refractivity contribution >= 4 is 34.8 Å². The van der Waals surface area contributed by atoms with Crippen LogP contribution in [0, 0.1) is 0 Å². The van der Waals surface area contributed by atoms with E-state index >= 15 is 0 Å². The molecule has 1 N–H and O–H groups in total. The third kappa shape index (κ3) is 5.21. The molecule has 0 radical (unpaired) electrons. The van der Waals surface area contributed by atoms with E-state index in [1.807, 2.05) is 83.8 Å². The zero-order chi connectivity index (χ0) is 22.3. The summed E-state index contributed by atoms with van der Waals surface area (Å²) in [5.41, 5.74) is 2.87. The molecule has 32 heavy (non-hydrogen) atoms. The molecule has 0 spiro atoms. The van der Waals surface area contributed by atoms with Crippen molar-refractivity contribution in [2.75, 3.05) is 11.9 Å². The topological polar surface area (TPSA) is 52.7 Å². The molecule has 2 amide bonds. The lowest BCUT2D eigenvalue weighted by molar-refractivity contribution is -0.131. The van der Waals surface area contributed by atoms with Crippen molar-refractivity contribution < 1.29 is 9.59 Å². The third-order valence-corrected chi connectivity index (χ3v) is 5.96. The summed E-state index contributed by atoms with van der Waals surface area (Å²) in [5, 5.41) is 3.36. The van der Waals surface area contributed by atoms with Crippen LogP contribution in [0.3, 0.4) is 0 Å². The maximum atomic E-state index is 13.3. The molecule has 3 aromatic rings. The summed E-state index contributed by atoms with van der Waals surface area (Å²) in [4.78, 5) is 29.6. The highest BCUT2D eigenvalue weighted by Gasteiger charge is 2.43. The van der Waals surface area contributed by atoms with E-state index in [1.54, 1.807) is 4.90 Å². The average Bonchev–Trinajstić information content (AvgIpc) is 3.03. The van der Waals surface area contributed by atoms with Gasteiger partial charge in [0.15, 0.2) is 5.11 Å². The molecule has 1 aliphatic heterocycles. The predicted octanol–water partition coefficient (Wildman–Crippen LogP) is 4.26. The summed E-state index contributed by atoms with van der Waals surface area (Å²) in [5.74, 6) is -0.334. The summed E-state index contributed by atoms with van der Waals surface area (Å²) in [6.45, 7) is 0.973. The number of anilines is 1. The maximum Gasteiger partial charge on any atom is 0.252 e. The van der Waals surface area contributed by atoms with E-state index in [4.69, 9.17) is 12.2 Å². The van der Waals surface area contributed by atoms with Crippen LogP contribution in [0.15, 0.2) is 91.0 Å². The molecular formula is C26H25N3O2S. The van der Waals surface area contributed by atoms with Gasteiger partial charge in [-0.3, -0.25) is 14.5 Å². The van der Waals surface area contributed by atoms with Gasteiger partial charge in [0.05, 0.1) is 13.0 Å². The molecular weight excluding hydrogens is 418 g/mol. The largest absolute Gasteiger partial charge is 0.336 e. The first-order valence-electron chi connectivity index (χ1n) is 10.7. The van der Waals surface area contributed by atoms with Gasteiger partial charge < -0.3 is 10.2 Å². The molecule has 5 nitrogen and oxygen atoms in total. The summed E-state index contributed by atoms with van der Waals surface area (Å²) >= 11 is 5.71. The van der Waals surface area contributed by atoms with Gasteiger partial charge in [0.25, 0.3) is 5.91 Å². The van der Waals surface area contributed by atoms with Crippen molar-refractivity contribution in [3.8, 4) is 0 Å². The Bertz CT molecular complexity index is 1070. The third-order valence-electron chi connectivity index (χ3n) is 5.51. The number of nitrogens with zero attached hydrogens (tertiary/aromatic N) is 2. The highest BCUT2D eigenvalue weighted by atomic mass is 32.1. The molecule has 0 bridgehead atoms. The smallest absolute Gasteiger partial charge is 0.252 e. The highest BCUT2D eigenvalue weighted by Crippen LogP contribution is 2.24. The van der Waals surface area contributed by atoms with Gasteiger partial charge in [-0.1, -0.05) is 78.9 Å². The fourth-order valence-corrected chi connectivity index (χ4v) is 4.23. The Morgan fingerprint density at radius 1 is 0.844 bits per heavy atom. The Morgan fingerprint density at radius 2 is 1.41 bits per heavy atom. The summed E-state index contributed by atoms with van der Waals surface area (Å²) < 4.78 is 0. The first kappa shape index (κ1) is 21.7. The minimum atomic E-state index is -0.612. The van der Waals surface area contributed by atoms with Crippen molar-refractivity contribution in [1.29, 1.82) is 0 Å². The molecule has 1 aliphatic rings. The van der Waals surface area contributed by atoms with Gasteiger partial charge in [-0.05, 0) is 41.9 Å². The first-order chi connectivity index (χ1) is 15.6. The van der Waals surface area contributed by atoms with Crippen LogP contribution >= 0.6 is 12.2 Å². The van der Waals surface area contributed by atoms with E-state index in [1.165, 1.54) is 0 Å². The van der Waals surface area contributed by atoms with Gasteiger partial charge in [-0.2, -0.15) is 0 Å². The highest BCUT2D eigenvalue weighted by molar-refractivity contribution is 7.80. The van der Waals surface area contributed by atoms with Gasteiger partial charge >= 0.3 is 0 Å². The van der Waals surface area contributed by atoms with Gasteiger partial charge in [-0.25, -0.2) is 0 Å². The number of carbonyl (C=O) groups is 2. The van der Waals surface area contributed by atoms with Gasteiger partial charge in [-0.15, -0.1) is 0 Å². The second-order valence-electron chi connectivity index (χ2n) is 7.76. The standard InChI is InChI=1S/C26H25N3O2S/c30-24(27-22-14-8-3-9-15-22)18-23-25(31)29(19-21-12-6-2-7-13-21)26(32)28(23)17-16-20-10-4-1-5-11-20/h1-15,23H,16-19H2,(H,27,30). The van der Waals surface area contributed by atoms with Crippen molar-refractivity contribution in [2.24, 2.45) is 0 Å². The molecule has 6 heteroatoms. The van der Waals surface area contributed by atoms with Crippen LogP contribution in [0.5, 0.6) is 0 Å². The van der Waals surface area contributed by atoms with Crippen LogP contribution < -0.4 is 5.32 Å². The average molecular weight is 444 g/mol. The molecule has 0 aromatic heterocycles. The Balaban J connectivity index is 1.51. The maximum absolute atomic E-state index is 13.3. The molecule has 1 atom stereocenters. The van der Waals surface area contributed by atoms with E-state index in [9.17, 15) is 9.59 Å². The van der Waals surface area contributed by atoms with Crippen molar-refractivity contribution in [3.05, 3.63) is 102 Å². The van der Waals surface area contributed by atoms with Crippen molar-refractivity contribution in [2.45, 2.75) is 25.4 Å². The van der Waals surface area contributed by atoms with Gasteiger partial charge in [0.2, 0.25) is 5.91 Å². The zero-order valence-corrected chi connectivity index (χ0v) is 18.5. The van der Waals surface area contributed by atoms with Crippen LogP contribution in [0.25, 0.3) is 0 Å². The molecule has 0 saturated carbocycles. The van der Waals surface area contributed by atoms with Crippen LogP contribution in [0.2, 0.25) is 0 Å². The summed E-state index contributed by atoms with van der Waals surface area (Å²) in [7, 11) is 0. The Morgan fingerprint density at radius 3 is 2.03 bits per heavy atom. The lowest BCUT2D eigenvalue weighted by Gasteiger charge is -2.24. The van der Waals surface area contributed by atoms with Crippen LogP contribution in [-0.2, 0) is 22.6 Å². The Hall–Kier alpha value is -3.51. The molecule has 4 rings (SSSR count). The van der Waals surface area contributed by atoms with E-state index in [0.29, 0.717) is 23.9 Å². The fourth-order valence-electron chi connectivity index (χ4n) is 3.86. The number of carbonyl (C=O) groups excluding carboxylic acids is 2. The molecule has 0 aliphatic carbocycles. The van der Waals surface area contributed by atoms with Crippen LogP contribution in [0.4, 0.5) is 5.69 Å². The number of amides is 2. The van der Waals surface area contributed by atoms with E-state index < -0.39 is 6.04 Å². The minimum absolute atomic E-state index is 0.0496. The SMILES string of the molecule is O=C(CC1C(=O)N(Cc2ccccc2)C(=S)N1CCc1ccccc1)Nc1ccccc1. The lowest BCUT2D eigenvalue weighted by Crippen LogP contribution is -2.39. The number of hydrogen-bond acceptors (Lipinski definition) is 3. The second-order valence-corrected chi connectivity index (χ2v) is 8.12. The molecule has 1 fully saturated rings.